The fourth-order valence-electron chi connectivity index (χ4n) is 1.65. The van der Waals surface area contributed by atoms with Crippen molar-refractivity contribution in [3.05, 3.63) is 45.5 Å². The zero-order chi connectivity index (χ0) is 14.3. The molecule has 5 nitrogen and oxygen atoms in total. The lowest BCUT2D eigenvalue weighted by molar-refractivity contribution is 0.435. The standard InChI is InChI=1S/C12H7BrClFN4O/c1-6-10(14)18-12-16-5-17-19(12)11(6)20-9-4-7(15)2-3-8(9)13/h2-5H,1H3. The van der Waals surface area contributed by atoms with Gasteiger partial charge in [-0.2, -0.15) is 19.6 Å². The molecule has 0 aliphatic carbocycles. The Balaban J connectivity index is 2.17. The molecule has 0 bridgehead atoms. The number of hydrogen-bond donors (Lipinski definition) is 0. The van der Waals surface area contributed by atoms with E-state index in [1.807, 2.05) is 0 Å². The van der Waals surface area contributed by atoms with Crippen LogP contribution >= 0.6 is 27.5 Å². The van der Waals surface area contributed by atoms with Gasteiger partial charge < -0.3 is 4.74 Å². The maximum Gasteiger partial charge on any atom is 0.256 e. The van der Waals surface area contributed by atoms with Crippen molar-refractivity contribution in [2.24, 2.45) is 0 Å². The molecule has 2 heterocycles. The maximum atomic E-state index is 13.3. The smallest absolute Gasteiger partial charge is 0.256 e. The summed E-state index contributed by atoms with van der Waals surface area (Å²) in [5.41, 5.74) is 0.584. The Morgan fingerprint density at radius 3 is 3.00 bits per heavy atom. The third kappa shape index (κ3) is 2.23. The zero-order valence-electron chi connectivity index (χ0n) is 10.1. The first-order valence-corrected chi connectivity index (χ1v) is 6.72. The topological polar surface area (TPSA) is 52.3 Å². The molecule has 0 atom stereocenters. The lowest BCUT2D eigenvalue weighted by Gasteiger charge is -2.11. The number of benzene rings is 1. The number of ether oxygens (including phenoxy) is 1. The second-order valence-electron chi connectivity index (χ2n) is 3.98. The van der Waals surface area contributed by atoms with Gasteiger partial charge >= 0.3 is 0 Å². The molecule has 0 saturated heterocycles. The van der Waals surface area contributed by atoms with E-state index in [9.17, 15) is 4.39 Å². The molecule has 0 unspecified atom stereocenters. The Bertz CT molecular complexity index is 807. The number of halogens is 3. The third-order valence-corrected chi connectivity index (χ3v) is 3.67. The van der Waals surface area contributed by atoms with Crippen LogP contribution in [0.4, 0.5) is 4.39 Å². The van der Waals surface area contributed by atoms with Gasteiger partial charge in [-0.25, -0.2) is 4.39 Å². The second kappa shape index (κ2) is 4.99. The normalized spacial score (nSPS) is 11.0. The molecule has 20 heavy (non-hydrogen) atoms. The zero-order valence-corrected chi connectivity index (χ0v) is 12.5. The summed E-state index contributed by atoms with van der Waals surface area (Å²) in [5.74, 6) is 0.551. The Hall–Kier alpha value is -1.73. The van der Waals surface area contributed by atoms with Gasteiger partial charge in [0.15, 0.2) is 0 Å². The van der Waals surface area contributed by atoms with Gasteiger partial charge in [0.2, 0.25) is 5.88 Å². The highest BCUT2D eigenvalue weighted by molar-refractivity contribution is 9.10. The van der Waals surface area contributed by atoms with Crippen molar-refractivity contribution in [3.63, 3.8) is 0 Å². The lowest BCUT2D eigenvalue weighted by Crippen LogP contribution is -2.02. The highest BCUT2D eigenvalue weighted by Gasteiger charge is 2.15. The van der Waals surface area contributed by atoms with E-state index in [4.69, 9.17) is 16.3 Å². The van der Waals surface area contributed by atoms with Gasteiger partial charge in [-0.3, -0.25) is 0 Å². The first kappa shape index (κ1) is 13.3. The van der Waals surface area contributed by atoms with E-state index in [1.165, 1.54) is 23.0 Å². The van der Waals surface area contributed by atoms with E-state index in [2.05, 4.69) is 31.0 Å². The van der Waals surface area contributed by atoms with Gasteiger partial charge in [0.1, 0.15) is 23.0 Å². The molecule has 8 heteroatoms. The fraction of sp³-hybridized carbons (Fsp3) is 0.0833. The van der Waals surface area contributed by atoms with Gasteiger partial charge in [-0.1, -0.05) is 11.6 Å². The summed E-state index contributed by atoms with van der Waals surface area (Å²) in [6.07, 6.45) is 1.34. The maximum absolute atomic E-state index is 13.3. The van der Waals surface area contributed by atoms with Crippen molar-refractivity contribution in [3.8, 4) is 11.6 Å². The second-order valence-corrected chi connectivity index (χ2v) is 5.19. The summed E-state index contributed by atoms with van der Waals surface area (Å²) in [6.45, 7) is 1.74. The van der Waals surface area contributed by atoms with Crippen LogP contribution in [0, 0.1) is 12.7 Å². The molecule has 1 aromatic carbocycles. The van der Waals surface area contributed by atoms with Crippen LogP contribution in [0.3, 0.4) is 0 Å². The average molecular weight is 358 g/mol. The molecule has 0 radical (unpaired) electrons. The van der Waals surface area contributed by atoms with E-state index < -0.39 is 5.82 Å². The molecule has 0 amide bonds. The van der Waals surface area contributed by atoms with Crippen molar-refractivity contribution in [1.82, 2.24) is 19.6 Å². The van der Waals surface area contributed by atoms with Crippen LogP contribution in [0.1, 0.15) is 5.56 Å². The summed E-state index contributed by atoms with van der Waals surface area (Å²) in [5, 5.41) is 4.28. The van der Waals surface area contributed by atoms with E-state index in [1.54, 1.807) is 13.0 Å². The van der Waals surface area contributed by atoms with Crippen molar-refractivity contribution in [2.75, 3.05) is 0 Å². The van der Waals surface area contributed by atoms with Gasteiger partial charge in [0.05, 0.1) is 4.47 Å². The molecular formula is C12H7BrClFN4O. The molecule has 2 aromatic heterocycles. The fourth-order valence-corrected chi connectivity index (χ4v) is 2.14. The van der Waals surface area contributed by atoms with E-state index in [0.717, 1.165) is 0 Å². The predicted molar refractivity (Wildman–Crippen MR) is 74.7 cm³/mol. The van der Waals surface area contributed by atoms with Crippen molar-refractivity contribution in [2.45, 2.75) is 6.92 Å². The van der Waals surface area contributed by atoms with E-state index in [0.29, 0.717) is 27.4 Å². The van der Waals surface area contributed by atoms with Gasteiger partial charge in [0, 0.05) is 11.6 Å². The summed E-state index contributed by atoms with van der Waals surface area (Å²) in [4.78, 5) is 8.02. The van der Waals surface area contributed by atoms with Crippen LogP contribution in [-0.2, 0) is 0 Å². The van der Waals surface area contributed by atoms with Crippen molar-refractivity contribution < 1.29 is 9.13 Å². The molecule has 3 rings (SSSR count). The highest BCUT2D eigenvalue weighted by Crippen LogP contribution is 2.33. The first-order chi connectivity index (χ1) is 9.56. The minimum atomic E-state index is -0.407. The van der Waals surface area contributed by atoms with Crippen LogP contribution < -0.4 is 4.74 Å². The number of fused-ring (bicyclic) bond motifs is 1. The highest BCUT2D eigenvalue weighted by atomic mass is 79.9. The van der Waals surface area contributed by atoms with Crippen LogP contribution in [-0.4, -0.2) is 19.6 Å². The number of nitrogens with zero attached hydrogens (tertiary/aromatic N) is 4. The number of rotatable bonds is 2. The molecule has 0 saturated carbocycles. The summed E-state index contributed by atoms with van der Waals surface area (Å²) >= 11 is 9.33. The summed E-state index contributed by atoms with van der Waals surface area (Å²) < 4.78 is 21.0. The van der Waals surface area contributed by atoms with Crippen LogP contribution in [0.5, 0.6) is 11.6 Å². The molecule has 0 spiro atoms. The summed E-state index contributed by atoms with van der Waals surface area (Å²) in [6, 6.07) is 4.15. The average Bonchev–Trinajstić information content (AvgIpc) is 2.86. The third-order valence-electron chi connectivity index (χ3n) is 2.65. The van der Waals surface area contributed by atoms with Crippen molar-refractivity contribution >= 4 is 33.3 Å². The van der Waals surface area contributed by atoms with Gasteiger partial charge in [-0.05, 0) is 35.0 Å². The predicted octanol–water partition coefficient (Wildman–Crippen LogP) is 3.78. The number of aromatic nitrogens is 4. The molecule has 0 N–H and O–H groups in total. The van der Waals surface area contributed by atoms with Crippen LogP contribution in [0.2, 0.25) is 5.15 Å². The minimum absolute atomic E-state index is 0.257. The molecule has 0 aliphatic heterocycles. The van der Waals surface area contributed by atoms with Crippen molar-refractivity contribution in [1.29, 1.82) is 0 Å². The first-order valence-electron chi connectivity index (χ1n) is 5.55. The Labute approximate surface area is 126 Å². The minimum Gasteiger partial charge on any atom is -0.437 e. The summed E-state index contributed by atoms with van der Waals surface area (Å²) in [7, 11) is 0. The number of hydrogen-bond acceptors (Lipinski definition) is 4. The molecule has 102 valence electrons. The molecule has 3 aromatic rings. The lowest BCUT2D eigenvalue weighted by atomic mass is 10.3. The monoisotopic (exact) mass is 356 g/mol. The van der Waals surface area contributed by atoms with Gasteiger partial charge in [-0.15, -0.1) is 0 Å². The SMILES string of the molecule is Cc1c(Cl)nc2ncnn2c1Oc1cc(F)ccc1Br. The van der Waals surface area contributed by atoms with E-state index in [-0.39, 0.29) is 5.15 Å². The van der Waals surface area contributed by atoms with Crippen LogP contribution in [0.25, 0.3) is 5.78 Å². The molecule has 0 fully saturated rings. The Kier molecular flexibility index (Phi) is 3.31. The Morgan fingerprint density at radius 1 is 1.40 bits per heavy atom. The van der Waals surface area contributed by atoms with Gasteiger partial charge in [0.25, 0.3) is 5.78 Å². The van der Waals surface area contributed by atoms with Crippen LogP contribution in [0.15, 0.2) is 29.0 Å². The quantitative estimate of drug-likeness (QED) is 0.655. The molecular weight excluding hydrogens is 351 g/mol. The van der Waals surface area contributed by atoms with E-state index >= 15 is 0 Å². The molecule has 0 aliphatic rings. The largest absolute Gasteiger partial charge is 0.437 e. The Morgan fingerprint density at radius 2 is 2.20 bits per heavy atom.